The molecule has 2 aliphatic rings. The minimum atomic E-state index is -0.445. The quantitative estimate of drug-likeness (QED) is 0.894. The van der Waals surface area contributed by atoms with Crippen LogP contribution in [0.2, 0.25) is 0 Å². The molecule has 2 aliphatic heterocycles. The number of amides is 3. The van der Waals surface area contributed by atoms with Gasteiger partial charge >= 0.3 is 12.1 Å². The van der Waals surface area contributed by atoms with Crippen LogP contribution in [0, 0.1) is 0 Å². The van der Waals surface area contributed by atoms with Crippen molar-refractivity contribution in [1.29, 1.82) is 0 Å². The van der Waals surface area contributed by atoms with E-state index in [1.807, 2.05) is 24.3 Å². The number of likely N-dealkylation sites (N-methyl/N-ethyl adjacent to an activating group) is 1. The molecule has 3 amide bonds. The van der Waals surface area contributed by atoms with Crippen LogP contribution in [0.5, 0.6) is 0 Å². The maximum absolute atomic E-state index is 12.5. The molecule has 1 atom stereocenters. The number of carbonyl (C=O) groups is 2. The fraction of sp³-hybridized carbons (Fsp3) is 0.526. The van der Waals surface area contributed by atoms with Crippen LogP contribution in [0.3, 0.4) is 0 Å². The summed E-state index contributed by atoms with van der Waals surface area (Å²) in [6, 6.07) is 7.51. The number of hydrogen-bond acceptors (Lipinski definition) is 5. The molecule has 8 nitrogen and oxygen atoms in total. The Labute approximate surface area is 157 Å². The van der Waals surface area contributed by atoms with E-state index in [0.29, 0.717) is 44.9 Å². The molecular weight excluding hydrogens is 348 g/mol. The fourth-order valence-electron chi connectivity index (χ4n) is 3.84. The number of urea groups is 1. The Balaban J connectivity index is 1.28. The number of fused-ring (bicyclic) bond motifs is 1. The van der Waals surface area contributed by atoms with Gasteiger partial charge in [-0.1, -0.05) is 12.1 Å². The van der Waals surface area contributed by atoms with Gasteiger partial charge in [0, 0.05) is 39.5 Å². The molecule has 0 saturated carbocycles. The van der Waals surface area contributed by atoms with Crippen LogP contribution < -0.4 is 5.32 Å². The summed E-state index contributed by atoms with van der Waals surface area (Å²) in [4.78, 5) is 32.0. The van der Waals surface area contributed by atoms with Gasteiger partial charge < -0.3 is 24.3 Å². The number of nitrogens with one attached hydrogen (secondary N) is 1. The molecule has 8 heteroatoms. The molecule has 1 aromatic heterocycles. The number of carbonyl (C=O) groups excluding carboxylic acids is 2. The van der Waals surface area contributed by atoms with Crippen molar-refractivity contribution in [3.05, 3.63) is 30.2 Å². The predicted octanol–water partition coefficient (Wildman–Crippen LogP) is 2.39. The van der Waals surface area contributed by atoms with Crippen LogP contribution in [-0.4, -0.2) is 65.7 Å². The summed E-state index contributed by atoms with van der Waals surface area (Å²) in [5, 5.41) is 2.94. The molecule has 2 saturated heterocycles. The van der Waals surface area contributed by atoms with Gasteiger partial charge in [0.15, 0.2) is 11.5 Å². The first-order valence-electron chi connectivity index (χ1n) is 9.36. The van der Waals surface area contributed by atoms with Crippen molar-refractivity contribution in [3.8, 4) is 0 Å². The molecule has 0 bridgehead atoms. The summed E-state index contributed by atoms with van der Waals surface area (Å²) >= 11 is 0. The van der Waals surface area contributed by atoms with Gasteiger partial charge in [0.1, 0.15) is 11.1 Å². The Bertz CT molecular complexity index is 818. The van der Waals surface area contributed by atoms with E-state index in [-0.39, 0.29) is 12.1 Å². The van der Waals surface area contributed by atoms with Gasteiger partial charge in [0.2, 0.25) is 0 Å². The first-order chi connectivity index (χ1) is 13.0. The smallest absolute Gasteiger partial charge is 0.410 e. The lowest BCUT2D eigenvalue weighted by Gasteiger charge is -2.25. The third-order valence-corrected chi connectivity index (χ3v) is 5.28. The highest BCUT2D eigenvalue weighted by molar-refractivity contribution is 5.74. The van der Waals surface area contributed by atoms with Gasteiger partial charge in [-0.15, -0.1) is 0 Å². The SMILES string of the molecule is CN1C[C@@]2(CCCN(C(=O)NCCc3nc4ccccc4o3)CC2)OC1=O. The van der Waals surface area contributed by atoms with Crippen LogP contribution in [0.25, 0.3) is 11.1 Å². The summed E-state index contributed by atoms with van der Waals surface area (Å²) in [5.74, 6) is 0.618. The lowest BCUT2D eigenvalue weighted by molar-refractivity contribution is 0.0453. The number of rotatable bonds is 3. The maximum atomic E-state index is 12.5. The van der Waals surface area contributed by atoms with Gasteiger partial charge in [0.25, 0.3) is 0 Å². The molecule has 1 spiro atoms. The zero-order chi connectivity index (χ0) is 18.9. The summed E-state index contributed by atoms with van der Waals surface area (Å²) in [6.45, 7) is 2.30. The number of para-hydroxylation sites is 2. The van der Waals surface area contributed by atoms with Gasteiger partial charge in [-0.2, -0.15) is 0 Å². The molecule has 3 heterocycles. The highest BCUT2D eigenvalue weighted by Gasteiger charge is 2.44. The van der Waals surface area contributed by atoms with Crippen LogP contribution in [-0.2, 0) is 11.2 Å². The molecule has 1 aromatic carbocycles. The zero-order valence-corrected chi connectivity index (χ0v) is 15.4. The van der Waals surface area contributed by atoms with E-state index in [9.17, 15) is 9.59 Å². The average Bonchev–Trinajstić information content (AvgIpc) is 3.10. The van der Waals surface area contributed by atoms with E-state index in [1.54, 1.807) is 16.8 Å². The second kappa shape index (κ2) is 7.09. The van der Waals surface area contributed by atoms with E-state index in [1.165, 1.54) is 0 Å². The van der Waals surface area contributed by atoms with Gasteiger partial charge in [0.05, 0.1) is 6.54 Å². The number of benzene rings is 1. The van der Waals surface area contributed by atoms with Crippen molar-refractivity contribution in [2.24, 2.45) is 0 Å². The normalized spacial score (nSPS) is 22.9. The Hall–Kier alpha value is -2.77. The molecule has 0 radical (unpaired) electrons. The van der Waals surface area contributed by atoms with Crippen molar-refractivity contribution >= 4 is 23.2 Å². The number of nitrogens with zero attached hydrogens (tertiary/aromatic N) is 3. The average molecular weight is 372 g/mol. The van der Waals surface area contributed by atoms with E-state index in [4.69, 9.17) is 9.15 Å². The number of ether oxygens (including phenoxy) is 1. The van der Waals surface area contributed by atoms with Crippen LogP contribution in [0.1, 0.15) is 25.2 Å². The minimum Gasteiger partial charge on any atom is -0.441 e. The fourth-order valence-corrected chi connectivity index (χ4v) is 3.84. The predicted molar refractivity (Wildman–Crippen MR) is 98.4 cm³/mol. The van der Waals surface area contributed by atoms with Gasteiger partial charge in [-0.3, -0.25) is 0 Å². The van der Waals surface area contributed by atoms with Gasteiger partial charge in [-0.25, -0.2) is 14.6 Å². The van der Waals surface area contributed by atoms with E-state index in [2.05, 4.69) is 10.3 Å². The molecule has 2 fully saturated rings. The maximum Gasteiger partial charge on any atom is 0.410 e. The molecule has 4 rings (SSSR count). The summed E-state index contributed by atoms with van der Waals surface area (Å²) in [5.41, 5.74) is 1.14. The first kappa shape index (κ1) is 17.6. The largest absolute Gasteiger partial charge is 0.441 e. The zero-order valence-electron chi connectivity index (χ0n) is 15.4. The summed E-state index contributed by atoms with van der Waals surface area (Å²) in [7, 11) is 1.75. The Morgan fingerprint density at radius 1 is 1.30 bits per heavy atom. The van der Waals surface area contributed by atoms with Gasteiger partial charge in [-0.05, 0) is 25.0 Å². The third kappa shape index (κ3) is 3.70. The van der Waals surface area contributed by atoms with Crippen LogP contribution >= 0.6 is 0 Å². The van der Waals surface area contributed by atoms with E-state index in [0.717, 1.165) is 23.9 Å². The molecular formula is C19H24N4O4. The third-order valence-electron chi connectivity index (χ3n) is 5.28. The highest BCUT2D eigenvalue weighted by Crippen LogP contribution is 2.32. The topological polar surface area (TPSA) is 87.9 Å². The Kier molecular flexibility index (Phi) is 4.63. The first-order valence-corrected chi connectivity index (χ1v) is 9.36. The van der Waals surface area contributed by atoms with E-state index >= 15 is 0 Å². The number of oxazole rings is 1. The number of likely N-dealkylation sites (tertiary alicyclic amines) is 1. The van der Waals surface area contributed by atoms with E-state index < -0.39 is 5.60 Å². The Morgan fingerprint density at radius 3 is 2.93 bits per heavy atom. The van der Waals surface area contributed by atoms with Crippen molar-refractivity contribution in [2.45, 2.75) is 31.3 Å². The van der Waals surface area contributed by atoms with Crippen molar-refractivity contribution < 1.29 is 18.7 Å². The molecule has 1 N–H and O–H groups in total. The second-order valence-electron chi connectivity index (χ2n) is 7.30. The molecule has 27 heavy (non-hydrogen) atoms. The monoisotopic (exact) mass is 372 g/mol. The van der Waals surface area contributed by atoms with Crippen molar-refractivity contribution in [3.63, 3.8) is 0 Å². The summed E-state index contributed by atoms with van der Waals surface area (Å²) < 4.78 is 11.3. The van der Waals surface area contributed by atoms with Crippen molar-refractivity contribution in [2.75, 3.05) is 33.2 Å². The van der Waals surface area contributed by atoms with Crippen molar-refractivity contribution in [1.82, 2.24) is 20.1 Å². The number of hydrogen-bond donors (Lipinski definition) is 1. The Morgan fingerprint density at radius 2 is 2.15 bits per heavy atom. The number of aromatic nitrogens is 1. The molecule has 0 aliphatic carbocycles. The van der Waals surface area contributed by atoms with Crippen LogP contribution in [0.4, 0.5) is 9.59 Å². The minimum absolute atomic E-state index is 0.0964. The highest BCUT2D eigenvalue weighted by atomic mass is 16.6. The molecule has 144 valence electrons. The standard InChI is InChI=1S/C19H24N4O4/c1-22-13-19(27-18(22)25)8-4-11-23(12-9-19)17(24)20-10-7-16-21-14-5-2-3-6-15(14)26-16/h2-3,5-6H,4,7-13H2,1H3,(H,20,24)/t19-/m0/s1. The summed E-state index contributed by atoms with van der Waals surface area (Å²) in [6.07, 6.45) is 2.55. The second-order valence-corrected chi connectivity index (χ2v) is 7.30. The lowest BCUT2D eigenvalue weighted by Crippen LogP contribution is -2.42. The molecule has 0 unspecified atom stereocenters. The molecule has 2 aromatic rings. The van der Waals surface area contributed by atoms with Crippen LogP contribution in [0.15, 0.2) is 28.7 Å². The lowest BCUT2D eigenvalue weighted by atomic mass is 9.95.